The highest BCUT2D eigenvalue weighted by molar-refractivity contribution is 5.50. The van der Waals surface area contributed by atoms with E-state index in [1.54, 1.807) is 0 Å². The van der Waals surface area contributed by atoms with Crippen molar-refractivity contribution in [2.24, 2.45) is 0 Å². The molecule has 0 unspecified atom stereocenters. The van der Waals surface area contributed by atoms with Gasteiger partial charge in [-0.2, -0.15) is 70.2 Å². The van der Waals surface area contributed by atoms with Crippen molar-refractivity contribution in [3.8, 4) is 0 Å². The molecule has 19 heteroatoms. The minimum atomic E-state index is -8.73. The fourth-order valence-electron chi connectivity index (χ4n) is 2.15. The van der Waals surface area contributed by atoms with Crippen LogP contribution in [0.25, 0.3) is 0 Å². The predicted octanol–water partition coefficient (Wildman–Crippen LogP) is 7.28. The first-order valence-electron chi connectivity index (χ1n) is 8.16. The molecule has 0 atom stereocenters. The summed E-state index contributed by atoms with van der Waals surface area (Å²) in [6.45, 7) is 0.837. The first-order chi connectivity index (χ1) is 14.6. The van der Waals surface area contributed by atoms with Crippen molar-refractivity contribution < 1.29 is 83.8 Å². The first kappa shape index (κ1) is 32.2. The van der Waals surface area contributed by atoms with Gasteiger partial charge in [0.25, 0.3) is 0 Å². The molecule has 0 saturated heterocycles. The molecule has 0 aromatic rings. The Bertz CT molecular complexity index is 776. The predicted molar refractivity (Wildman–Crippen MR) is 74.3 cm³/mol. The zero-order valence-corrected chi connectivity index (χ0v) is 15.9. The number of rotatable bonds is 12. The number of carbonyl (C=O) groups excluding carboxylic acids is 1. The molecular weight excluding hydrogens is 538 g/mol. The average molecular weight is 548 g/mol. The van der Waals surface area contributed by atoms with Crippen LogP contribution in [0.15, 0.2) is 5.57 Å². The van der Waals surface area contributed by atoms with Gasteiger partial charge in [0.15, 0.2) is 0 Å². The van der Waals surface area contributed by atoms with E-state index in [2.05, 4.69) is 0 Å². The highest BCUT2D eigenvalue weighted by Crippen LogP contribution is 2.64. The summed E-state index contributed by atoms with van der Waals surface area (Å²) < 4.78 is 237. The lowest BCUT2D eigenvalue weighted by Crippen LogP contribution is -2.75. The molecule has 0 amide bonds. The van der Waals surface area contributed by atoms with Gasteiger partial charge in [0, 0.05) is 12.0 Å². The average Bonchev–Trinajstić information content (AvgIpc) is 2.66. The smallest absolute Gasteiger partial charge is 0.234 e. The highest BCUT2D eigenvalue weighted by atomic mass is 19.4. The van der Waals surface area contributed by atoms with Crippen molar-refractivity contribution in [2.75, 3.05) is 0 Å². The molecule has 0 rings (SSSR count). The van der Waals surface area contributed by atoms with Crippen LogP contribution in [0.2, 0.25) is 0 Å². The Hall–Kier alpha value is -1.81. The SMILES string of the molecule is CC(=C=O)CCCC(F)(F)C(F)(F)C(F)(F)C(F)(F)C(F)(F)C(F)(F)C(F)(F)C(F)(F)C(F)F. The summed E-state index contributed by atoms with van der Waals surface area (Å²) in [5.41, 5.74) is -0.510. The summed E-state index contributed by atoms with van der Waals surface area (Å²) in [5, 5.41) is 0. The zero-order valence-electron chi connectivity index (χ0n) is 15.9. The van der Waals surface area contributed by atoms with Gasteiger partial charge in [-0.1, -0.05) is 0 Å². The molecule has 202 valence electrons. The molecule has 0 aromatic heterocycles. The van der Waals surface area contributed by atoms with E-state index in [9.17, 15) is 83.8 Å². The van der Waals surface area contributed by atoms with E-state index in [0.29, 0.717) is 0 Å². The summed E-state index contributed by atoms with van der Waals surface area (Å²) in [4.78, 5) is 10.1. The quantitative estimate of drug-likeness (QED) is 0.185. The fourth-order valence-corrected chi connectivity index (χ4v) is 2.15. The van der Waals surface area contributed by atoms with Crippen molar-refractivity contribution in [1.29, 1.82) is 0 Å². The second kappa shape index (κ2) is 9.00. The maximum absolute atomic E-state index is 13.6. The largest absolute Gasteiger partial charge is 0.385 e. The lowest BCUT2D eigenvalue weighted by Gasteiger charge is -2.43. The number of alkyl halides is 18. The monoisotopic (exact) mass is 548 g/mol. The lowest BCUT2D eigenvalue weighted by molar-refractivity contribution is -0.457. The van der Waals surface area contributed by atoms with Gasteiger partial charge < -0.3 is 0 Å². The van der Waals surface area contributed by atoms with E-state index in [0.717, 1.165) is 12.9 Å². The van der Waals surface area contributed by atoms with Crippen molar-refractivity contribution >= 4 is 5.94 Å². The molecule has 0 radical (unpaired) electrons. The Morgan fingerprint density at radius 3 is 1.26 bits per heavy atom. The fraction of sp³-hybridized carbons (Fsp3) is 0.867. The van der Waals surface area contributed by atoms with Crippen LogP contribution in [0.5, 0.6) is 0 Å². The van der Waals surface area contributed by atoms with E-state index in [1.165, 1.54) is 0 Å². The van der Waals surface area contributed by atoms with Crippen molar-refractivity contribution in [1.82, 2.24) is 0 Å². The van der Waals surface area contributed by atoms with Crippen LogP contribution in [0, 0.1) is 0 Å². The number of allylic oxidation sites excluding steroid dienone is 1. The van der Waals surface area contributed by atoms with Gasteiger partial charge in [-0.15, -0.1) is 0 Å². The van der Waals surface area contributed by atoms with Gasteiger partial charge >= 0.3 is 53.8 Å². The molecule has 0 aliphatic carbocycles. The van der Waals surface area contributed by atoms with Crippen LogP contribution in [0.1, 0.15) is 26.2 Å². The molecule has 0 saturated carbocycles. The summed E-state index contributed by atoms with van der Waals surface area (Å²) in [5.74, 6) is -63.5. The summed E-state index contributed by atoms with van der Waals surface area (Å²) in [6.07, 6.45) is -10.9. The van der Waals surface area contributed by atoms with Crippen LogP contribution in [-0.4, -0.2) is 59.7 Å². The van der Waals surface area contributed by atoms with Crippen LogP contribution < -0.4 is 0 Å². The van der Waals surface area contributed by atoms with E-state index >= 15 is 0 Å². The topological polar surface area (TPSA) is 17.1 Å². The van der Waals surface area contributed by atoms with Gasteiger partial charge in [0.1, 0.15) is 5.94 Å². The first-order valence-corrected chi connectivity index (χ1v) is 8.16. The molecule has 1 nitrogen and oxygen atoms in total. The minimum Gasteiger partial charge on any atom is -0.234 e. The van der Waals surface area contributed by atoms with Gasteiger partial charge in [0.05, 0.1) is 0 Å². The number of hydrogen-bond acceptors (Lipinski definition) is 1. The van der Waals surface area contributed by atoms with Crippen LogP contribution in [0.4, 0.5) is 79.0 Å². The summed E-state index contributed by atoms with van der Waals surface area (Å²) in [6, 6.07) is 0. The molecule has 0 N–H and O–H groups in total. The van der Waals surface area contributed by atoms with E-state index in [1.807, 2.05) is 0 Å². The Morgan fingerprint density at radius 2 is 0.941 bits per heavy atom. The third-order valence-electron chi connectivity index (χ3n) is 4.34. The summed E-state index contributed by atoms with van der Waals surface area (Å²) in [7, 11) is 0. The summed E-state index contributed by atoms with van der Waals surface area (Å²) >= 11 is 0. The minimum absolute atomic E-state index is 0.510. The van der Waals surface area contributed by atoms with Gasteiger partial charge in [-0.3, -0.25) is 0 Å². The van der Waals surface area contributed by atoms with Crippen molar-refractivity contribution in [2.45, 2.75) is 80.0 Å². The third-order valence-corrected chi connectivity index (χ3v) is 4.34. The Kier molecular flexibility index (Phi) is 8.52. The van der Waals surface area contributed by atoms with Crippen LogP contribution >= 0.6 is 0 Å². The molecule has 0 aliphatic heterocycles. The standard InChI is InChI=1S/C15H10F18O/c1-6(5-34)3-2-4-8(18,19)10(22,23)12(26,27)14(30,31)15(32,33)13(28,29)11(24,25)9(20,21)7(16)17/h7H,2-4H2,1H3. The van der Waals surface area contributed by atoms with Crippen LogP contribution in [-0.2, 0) is 4.79 Å². The molecule has 34 heavy (non-hydrogen) atoms. The highest BCUT2D eigenvalue weighted by Gasteiger charge is 2.95. The molecule has 0 bridgehead atoms. The normalized spacial score (nSPS) is 15.5. The zero-order chi connectivity index (χ0) is 28.0. The Balaban J connectivity index is 6.57. The number of halogens is 18. The van der Waals surface area contributed by atoms with Gasteiger partial charge in [0.2, 0.25) is 0 Å². The molecule has 0 fully saturated rings. The van der Waals surface area contributed by atoms with Crippen LogP contribution in [0.3, 0.4) is 0 Å². The molecule has 0 heterocycles. The van der Waals surface area contributed by atoms with Gasteiger partial charge in [-0.05, 0) is 19.8 Å². The molecule has 0 aliphatic rings. The molecule has 0 aromatic carbocycles. The van der Waals surface area contributed by atoms with E-state index in [-0.39, 0.29) is 0 Å². The lowest BCUT2D eigenvalue weighted by atomic mass is 9.86. The third kappa shape index (κ3) is 4.43. The second-order valence-corrected chi connectivity index (χ2v) is 6.81. The van der Waals surface area contributed by atoms with E-state index in [4.69, 9.17) is 0 Å². The number of hydrogen-bond donors (Lipinski definition) is 0. The van der Waals surface area contributed by atoms with E-state index < -0.39 is 78.6 Å². The molecule has 0 spiro atoms. The Labute approximate surface area is 176 Å². The Morgan fingerprint density at radius 1 is 0.618 bits per heavy atom. The maximum Gasteiger partial charge on any atom is 0.385 e. The molecular formula is C15H10F18O. The second-order valence-electron chi connectivity index (χ2n) is 6.81. The van der Waals surface area contributed by atoms with Crippen molar-refractivity contribution in [3.05, 3.63) is 5.57 Å². The van der Waals surface area contributed by atoms with Gasteiger partial charge in [-0.25, -0.2) is 13.6 Å². The maximum atomic E-state index is 13.6. The van der Waals surface area contributed by atoms with Crippen molar-refractivity contribution in [3.63, 3.8) is 0 Å².